The molecule has 0 saturated heterocycles. The molecule has 18 heavy (non-hydrogen) atoms. The van der Waals surface area contributed by atoms with E-state index in [2.05, 4.69) is 25.9 Å². The fourth-order valence-electron chi connectivity index (χ4n) is 2.63. The predicted octanol–water partition coefficient (Wildman–Crippen LogP) is 1.87. The quantitative estimate of drug-likeness (QED) is 0.893. The zero-order valence-electron chi connectivity index (χ0n) is 10.7. The standard InChI is InChI=1S/C14H18N4/c1-15-9-11-5-4-8-16-14(11)18-10-17-12-6-2-3-7-13(12)18/h4-5,8,10,15H,2-3,6-7,9H2,1H3. The van der Waals surface area contributed by atoms with E-state index in [9.17, 15) is 0 Å². The molecule has 0 amide bonds. The minimum absolute atomic E-state index is 0.829. The Morgan fingerprint density at radius 3 is 3.06 bits per heavy atom. The number of nitrogens with one attached hydrogen (secondary N) is 1. The lowest BCUT2D eigenvalue weighted by molar-refractivity contribution is 0.652. The van der Waals surface area contributed by atoms with E-state index in [1.54, 1.807) is 0 Å². The van der Waals surface area contributed by atoms with E-state index in [4.69, 9.17) is 0 Å². The second kappa shape index (κ2) is 4.90. The van der Waals surface area contributed by atoms with Gasteiger partial charge in [-0.2, -0.15) is 0 Å². The van der Waals surface area contributed by atoms with Crippen LogP contribution in [0, 0.1) is 0 Å². The van der Waals surface area contributed by atoms with Crippen LogP contribution in [0.1, 0.15) is 29.8 Å². The highest BCUT2D eigenvalue weighted by Crippen LogP contribution is 2.23. The first-order valence-electron chi connectivity index (χ1n) is 6.54. The molecule has 0 radical (unpaired) electrons. The van der Waals surface area contributed by atoms with Crippen molar-refractivity contribution in [2.45, 2.75) is 32.2 Å². The van der Waals surface area contributed by atoms with Gasteiger partial charge in [0.25, 0.3) is 0 Å². The van der Waals surface area contributed by atoms with E-state index < -0.39 is 0 Å². The number of pyridine rings is 1. The molecule has 0 fully saturated rings. The summed E-state index contributed by atoms with van der Waals surface area (Å²) in [6, 6.07) is 4.10. The lowest BCUT2D eigenvalue weighted by Crippen LogP contribution is -2.13. The Balaban J connectivity index is 2.07. The van der Waals surface area contributed by atoms with E-state index in [-0.39, 0.29) is 0 Å². The molecule has 0 aliphatic heterocycles. The van der Waals surface area contributed by atoms with Crippen molar-refractivity contribution in [2.75, 3.05) is 7.05 Å². The van der Waals surface area contributed by atoms with Gasteiger partial charge in [-0.15, -0.1) is 0 Å². The van der Waals surface area contributed by atoms with Crippen molar-refractivity contribution >= 4 is 0 Å². The van der Waals surface area contributed by atoms with Crippen LogP contribution in [0.3, 0.4) is 0 Å². The highest BCUT2D eigenvalue weighted by molar-refractivity contribution is 5.37. The first kappa shape index (κ1) is 11.4. The Hall–Kier alpha value is -1.68. The third-order valence-electron chi connectivity index (χ3n) is 3.49. The Kier molecular flexibility index (Phi) is 3.11. The van der Waals surface area contributed by atoms with Gasteiger partial charge in [-0.05, 0) is 38.8 Å². The van der Waals surface area contributed by atoms with E-state index in [0.29, 0.717) is 0 Å². The molecule has 1 aliphatic carbocycles. The zero-order valence-corrected chi connectivity index (χ0v) is 10.7. The minimum Gasteiger partial charge on any atom is -0.316 e. The van der Waals surface area contributed by atoms with Crippen molar-refractivity contribution in [3.05, 3.63) is 41.6 Å². The molecule has 4 nitrogen and oxygen atoms in total. The van der Waals surface area contributed by atoms with E-state index >= 15 is 0 Å². The average Bonchev–Trinajstić information content (AvgIpc) is 2.84. The monoisotopic (exact) mass is 242 g/mol. The molecule has 2 aromatic heterocycles. The number of aryl methyl sites for hydroxylation is 1. The molecule has 0 bridgehead atoms. The summed E-state index contributed by atoms with van der Waals surface area (Å²) < 4.78 is 2.17. The summed E-state index contributed by atoms with van der Waals surface area (Å²) in [6.45, 7) is 0.829. The average molecular weight is 242 g/mol. The van der Waals surface area contributed by atoms with Gasteiger partial charge >= 0.3 is 0 Å². The molecule has 1 aliphatic rings. The second-order valence-corrected chi connectivity index (χ2v) is 4.73. The molecule has 94 valence electrons. The van der Waals surface area contributed by atoms with E-state index in [1.807, 2.05) is 25.6 Å². The van der Waals surface area contributed by atoms with Crippen LogP contribution in [0.5, 0.6) is 0 Å². The maximum atomic E-state index is 4.54. The van der Waals surface area contributed by atoms with Crippen LogP contribution in [0.25, 0.3) is 5.82 Å². The van der Waals surface area contributed by atoms with E-state index in [1.165, 1.54) is 29.8 Å². The zero-order chi connectivity index (χ0) is 12.4. The molecule has 0 saturated carbocycles. The molecule has 0 atom stereocenters. The molecule has 2 heterocycles. The highest BCUT2D eigenvalue weighted by Gasteiger charge is 2.17. The highest BCUT2D eigenvalue weighted by atomic mass is 15.1. The Morgan fingerprint density at radius 1 is 1.28 bits per heavy atom. The van der Waals surface area contributed by atoms with Crippen LogP contribution in [-0.2, 0) is 19.4 Å². The van der Waals surface area contributed by atoms with Crippen LogP contribution in [0.15, 0.2) is 24.7 Å². The van der Waals surface area contributed by atoms with Crippen molar-refractivity contribution in [1.82, 2.24) is 19.9 Å². The van der Waals surface area contributed by atoms with Crippen LogP contribution >= 0.6 is 0 Å². The van der Waals surface area contributed by atoms with Gasteiger partial charge in [0, 0.05) is 24.0 Å². The van der Waals surface area contributed by atoms with Gasteiger partial charge < -0.3 is 5.32 Å². The summed E-state index contributed by atoms with van der Waals surface area (Å²) >= 11 is 0. The van der Waals surface area contributed by atoms with Gasteiger partial charge in [0.05, 0.1) is 5.69 Å². The Bertz CT molecular complexity index is 544. The number of hydrogen-bond donors (Lipinski definition) is 1. The second-order valence-electron chi connectivity index (χ2n) is 4.73. The summed E-state index contributed by atoms with van der Waals surface area (Å²) in [6.07, 6.45) is 8.52. The third-order valence-corrected chi connectivity index (χ3v) is 3.49. The summed E-state index contributed by atoms with van der Waals surface area (Å²) in [4.78, 5) is 9.07. The van der Waals surface area contributed by atoms with Gasteiger partial charge in [-0.25, -0.2) is 9.97 Å². The molecular formula is C14H18N4. The number of aromatic nitrogens is 3. The lowest BCUT2D eigenvalue weighted by atomic mass is 10.0. The fourth-order valence-corrected chi connectivity index (χ4v) is 2.63. The number of imidazole rings is 1. The number of rotatable bonds is 3. The van der Waals surface area contributed by atoms with Crippen molar-refractivity contribution in [3.63, 3.8) is 0 Å². The van der Waals surface area contributed by atoms with Crippen LogP contribution in [0.2, 0.25) is 0 Å². The molecule has 0 unspecified atom stereocenters. The molecule has 0 spiro atoms. The Labute approximate surface area is 107 Å². The van der Waals surface area contributed by atoms with Crippen LogP contribution < -0.4 is 5.32 Å². The maximum absolute atomic E-state index is 4.54. The number of fused-ring (bicyclic) bond motifs is 1. The molecule has 2 aromatic rings. The first-order chi connectivity index (χ1) is 8.90. The van der Waals surface area contributed by atoms with Crippen LogP contribution in [-0.4, -0.2) is 21.6 Å². The largest absolute Gasteiger partial charge is 0.316 e. The fraction of sp³-hybridized carbons (Fsp3) is 0.429. The maximum Gasteiger partial charge on any atom is 0.142 e. The van der Waals surface area contributed by atoms with Crippen LogP contribution in [0.4, 0.5) is 0 Å². The summed E-state index contributed by atoms with van der Waals surface area (Å²) in [5, 5.41) is 3.19. The molecule has 4 heteroatoms. The molecule has 0 aromatic carbocycles. The van der Waals surface area contributed by atoms with Gasteiger partial charge in [0.1, 0.15) is 12.1 Å². The lowest BCUT2D eigenvalue weighted by Gasteiger charge is -2.15. The first-order valence-corrected chi connectivity index (χ1v) is 6.54. The van der Waals surface area contributed by atoms with Gasteiger partial charge in [0.2, 0.25) is 0 Å². The van der Waals surface area contributed by atoms with Gasteiger partial charge in [-0.1, -0.05) is 6.07 Å². The molecule has 1 N–H and O–H groups in total. The minimum atomic E-state index is 0.829. The third kappa shape index (κ3) is 1.93. The van der Waals surface area contributed by atoms with Crippen molar-refractivity contribution < 1.29 is 0 Å². The summed E-state index contributed by atoms with van der Waals surface area (Å²) in [7, 11) is 1.96. The topological polar surface area (TPSA) is 42.7 Å². The van der Waals surface area contributed by atoms with Crippen molar-refractivity contribution in [3.8, 4) is 5.82 Å². The smallest absolute Gasteiger partial charge is 0.142 e. The SMILES string of the molecule is CNCc1cccnc1-n1cnc2c1CCCC2. The van der Waals surface area contributed by atoms with Crippen molar-refractivity contribution in [1.29, 1.82) is 0 Å². The van der Waals surface area contributed by atoms with Crippen molar-refractivity contribution in [2.24, 2.45) is 0 Å². The van der Waals surface area contributed by atoms with E-state index in [0.717, 1.165) is 25.2 Å². The van der Waals surface area contributed by atoms with Gasteiger partial charge in [-0.3, -0.25) is 4.57 Å². The molecule has 3 rings (SSSR count). The molecular weight excluding hydrogens is 224 g/mol. The number of nitrogens with zero attached hydrogens (tertiary/aromatic N) is 3. The van der Waals surface area contributed by atoms with Gasteiger partial charge in [0.15, 0.2) is 0 Å². The predicted molar refractivity (Wildman–Crippen MR) is 70.8 cm³/mol. The summed E-state index contributed by atoms with van der Waals surface area (Å²) in [5.41, 5.74) is 3.81. The Morgan fingerprint density at radius 2 is 2.17 bits per heavy atom. The normalized spacial score (nSPS) is 14.5. The number of hydrogen-bond acceptors (Lipinski definition) is 3. The summed E-state index contributed by atoms with van der Waals surface area (Å²) in [5.74, 6) is 1.02.